The normalized spacial score (nSPS) is 17.0. The Balaban J connectivity index is 1.60. The van der Waals surface area contributed by atoms with E-state index in [4.69, 9.17) is 9.47 Å². The molecule has 1 fully saturated rings. The molecular formula is C19H30N2O3. The smallest absolute Gasteiger partial charge is 0.238 e. The maximum atomic E-state index is 11.9. The molecule has 2 N–H and O–H groups in total. The predicted molar refractivity (Wildman–Crippen MR) is 96.6 cm³/mol. The quantitative estimate of drug-likeness (QED) is 0.609. The highest BCUT2D eigenvalue weighted by Gasteiger charge is 2.15. The van der Waals surface area contributed by atoms with E-state index in [9.17, 15) is 4.79 Å². The van der Waals surface area contributed by atoms with Gasteiger partial charge in [0, 0.05) is 18.8 Å². The average molecular weight is 334 g/mol. The van der Waals surface area contributed by atoms with Crippen LogP contribution in [0.3, 0.4) is 0 Å². The maximum absolute atomic E-state index is 11.9. The van der Waals surface area contributed by atoms with Crippen LogP contribution in [0.2, 0.25) is 0 Å². The number of hydrogen-bond acceptors (Lipinski definition) is 4. The van der Waals surface area contributed by atoms with Crippen molar-refractivity contribution in [2.75, 3.05) is 31.6 Å². The summed E-state index contributed by atoms with van der Waals surface area (Å²) in [6.45, 7) is 4.82. The monoisotopic (exact) mass is 334 g/mol. The molecule has 1 amide bonds. The van der Waals surface area contributed by atoms with Crippen molar-refractivity contribution in [3.8, 4) is 5.75 Å². The van der Waals surface area contributed by atoms with E-state index in [1.807, 2.05) is 24.3 Å². The number of hydrogen-bond donors (Lipinski definition) is 2. The molecule has 1 aliphatic rings. The van der Waals surface area contributed by atoms with Gasteiger partial charge in [0.1, 0.15) is 5.75 Å². The molecule has 134 valence electrons. The minimum absolute atomic E-state index is 0.0405. The highest BCUT2D eigenvalue weighted by atomic mass is 16.5. The van der Waals surface area contributed by atoms with E-state index in [2.05, 4.69) is 17.6 Å². The largest absolute Gasteiger partial charge is 0.494 e. The Bertz CT molecular complexity index is 470. The third-order valence-electron chi connectivity index (χ3n) is 4.09. The average Bonchev–Trinajstić information content (AvgIpc) is 3.09. The lowest BCUT2D eigenvalue weighted by Gasteiger charge is -2.11. The molecule has 5 nitrogen and oxygen atoms in total. The van der Waals surface area contributed by atoms with E-state index in [1.165, 1.54) is 19.3 Å². The van der Waals surface area contributed by atoms with E-state index in [0.717, 1.165) is 50.5 Å². The third-order valence-corrected chi connectivity index (χ3v) is 4.09. The molecule has 2 rings (SSSR count). The van der Waals surface area contributed by atoms with Crippen LogP contribution in [0.1, 0.15) is 45.4 Å². The fourth-order valence-electron chi connectivity index (χ4n) is 2.71. The molecule has 0 spiro atoms. The van der Waals surface area contributed by atoms with Crippen molar-refractivity contribution in [2.45, 2.75) is 51.6 Å². The number of rotatable bonds is 11. The van der Waals surface area contributed by atoms with Crippen LogP contribution >= 0.6 is 0 Å². The number of unbranched alkanes of at least 4 members (excludes halogenated alkanes) is 3. The van der Waals surface area contributed by atoms with Crippen LogP contribution in [-0.4, -0.2) is 38.3 Å². The van der Waals surface area contributed by atoms with Crippen molar-refractivity contribution in [2.24, 2.45) is 0 Å². The van der Waals surface area contributed by atoms with Crippen LogP contribution in [0.5, 0.6) is 5.75 Å². The van der Waals surface area contributed by atoms with Crippen molar-refractivity contribution in [1.29, 1.82) is 0 Å². The molecule has 1 heterocycles. The highest BCUT2D eigenvalue weighted by molar-refractivity contribution is 5.92. The van der Waals surface area contributed by atoms with E-state index in [0.29, 0.717) is 6.54 Å². The molecule has 5 heteroatoms. The van der Waals surface area contributed by atoms with Gasteiger partial charge in [0.15, 0.2) is 0 Å². The third kappa shape index (κ3) is 7.32. The van der Waals surface area contributed by atoms with E-state index < -0.39 is 0 Å². The Morgan fingerprint density at radius 1 is 1.25 bits per heavy atom. The second kappa shape index (κ2) is 11.0. The minimum atomic E-state index is -0.0405. The van der Waals surface area contributed by atoms with Crippen LogP contribution in [0.25, 0.3) is 0 Å². The first-order chi connectivity index (χ1) is 11.8. The molecule has 1 saturated heterocycles. The zero-order valence-corrected chi connectivity index (χ0v) is 14.7. The SMILES string of the molecule is CCCCCCOc1ccc(NC(=O)CNCC2CCCO2)cc1. The minimum Gasteiger partial charge on any atom is -0.494 e. The Hall–Kier alpha value is -1.59. The lowest BCUT2D eigenvalue weighted by molar-refractivity contribution is -0.115. The molecule has 1 aromatic carbocycles. The van der Waals surface area contributed by atoms with Gasteiger partial charge in [-0.25, -0.2) is 0 Å². The molecule has 1 aromatic rings. The van der Waals surface area contributed by atoms with Gasteiger partial charge in [-0.2, -0.15) is 0 Å². The van der Waals surface area contributed by atoms with Gasteiger partial charge >= 0.3 is 0 Å². The first-order valence-corrected chi connectivity index (χ1v) is 9.13. The Labute approximate surface area is 145 Å². The van der Waals surface area contributed by atoms with E-state index in [1.54, 1.807) is 0 Å². The summed E-state index contributed by atoms with van der Waals surface area (Å²) in [5.74, 6) is 0.808. The maximum Gasteiger partial charge on any atom is 0.238 e. The molecule has 0 bridgehead atoms. The zero-order chi connectivity index (χ0) is 17.0. The summed E-state index contributed by atoms with van der Waals surface area (Å²) in [4.78, 5) is 11.9. The summed E-state index contributed by atoms with van der Waals surface area (Å²) in [6, 6.07) is 7.54. The van der Waals surface area contributed by atoms with Gasteiger partial charge in [0.2, 0.25) is 5.91 Å². The Kier molecular flexibility index (Phi) is 8.63. The molecular weight excluding hydrogens is 304 g/mol. The molecule has 1 atom stereocenters. The molecule has 1 unspecified atom stereocenters. The number of carbonyl (C=O) groups excluding carboxylic acids is 1. The number of benzene rings is 1. The second-order valence-corrected chi connectivity index (χ2v) is 6.25. The molecule has 24 heavy (non-hydrogen) atoms. The van der Waals surface area contributed by atoms with Gasteiger partial charge in [-0.1, -0.05) is 26.2 Å². The fraction of sp³-hybridized carbons (Fsp3) is 0.632. The molecule has 0 aliphatic carbocycles. The van der Waals surface area contributed by atoms with Crippen molar-refractivity contribution in [3.05, 3.63) is 24.3 Å². The van der Waals surface area contributed by atoms with Crippen molar-refractivity contribution in [3.63, 3.8) is 0 Å². The standard InChI is InChI=1S/C19H30N2O3/c1-2-3-4-5-12-23-17-10-8-16(9-11-17)21-19(22)15-20-14-18-7-6-13-24-18/h8-11,18,20H,2-7,12-15H2,1H3,(H,21,22). The summed E-state index contributed by atoms with van der Waals surface area (Å²) in [6.07, 6.45) is 7.24. The molecule has 0 radical (unpaired) electrons. The Morgan fingerprint density at radius 2 is 2.08 bits per heavy atom. The molecule has 0 saturated carbocycles. The summed E-state index contributed by atoms with van der Waals surface area (Å²) < 4.78 is 11.2. The van der Waals surface area contributed by atoms with E-state index >= 15 is 0 Å². The van der Waals surface area contributed by atoms with Crippen LogP contribution in [0.15, 0.2) is 24.3 Å². The van der Waals surface area contributed by atoms with Gasteiger partial charge < -0.3 is 20.1 Å². The van der Waals surface area contributed by atoms with Crippen LogP contribution in [-0.2, 0) is 9.53 Å². The summed E-state index contributed by atoms with van der Waals surface area (Å²) in [5.41, 5.74) is 0.789. The number of nitrogens with one attached hydrogen (secondary N) is 2. The first-order valence-electron chi connectivity index (χ1n) is 9.13. The summed E-state index contributed by atoms with van der Waals surface area (Å²) in [7, 11) is 0. The van der Waals surface area contributed by atoms with Crippen molar-refractivity contribution < 1.29 is 14.3 Å². The van der Waals surface area contributed by atoms with Crippen LogP contribution in [0, 0.1) is 0 Å². The second-order valence-electron chi connectivity index (χ2n) is 6.25. The number of anilines is 1. The van der Waals surface area contributed by atoms with Crippen LogP contribution < -0.4 is 15.4 Å². The van der Waals surface area contributed by atoms with Gasteiger partial charge in [-0.3, -0.25) is 4.79 Å². The number of carbonyl (C=O) groups is 1. The first kappa shape index (κ1) is 18.7. The molecule has 0 aromatic heterocycles. The number of ether oxygens (including phenoxy) is 2. The van der Waals surface area contributed by atoms with Gasteiger partial charge in [0.25, 0.3) is 0 Å². The summed E-state index contributed by atoms with van der Waals surface area (Å²) in [5, 5.41) is 6.02. The lowest BCUT2D eigenvalue weighted by atomic mass is 10.2. The van der Waals surface area contributed by atoms with Crippen molar-refractivity contribution in [1.82, 2.24) is 5.32 Å². The highest BCUT2D eigenvalue weighted by Crippen LogP contribution is 2.16. The lowest BCUT2D eigenvalue weighted by Crippen LogP contribution is -2.33. The van der Waals surface area contributed by atoms with Gasteiger partial charge in [0.05, 0.1) is 19.3 Å². The zero-order valence-electron chi connectivity index (χ0n) is 14.7. The molecule has 1 aliphatic heterocycles. The fourth-order valence-corrected chi connectivity index (χ4v) is 2.71. The number of amides is 1. The topological polar surface area (TPSA) is 59.6 Å². The van der Waals surface area contributed by atoms with E-state index in [-0.39, 0.29) is 12.0 Å². The van der Waals surface area contributed by atoms with Crippen LogP contribution in [0.4, 0.5) is 5.69 Å². The van der Waals surface area contributed by atoms with Gasteiger partial charge in [-0.05, 0) is 43.5 Å². The van der Waals surface area contributed by atoms with Gasteiger partial charge in [-0.15, -0.1) is 0 Å². The van der Waals surface area contributed by atoms with Crippen molar-refractivity contribution >= 4 is 11.6 Å². The predicted octanol–water partition coefficient (Wildman–Crippen LogP) is 3.35. The summed E-state index contributed by atoms with van der Waals surface area (Å²) >= 11 is 0. The Morgan fingerprint density at radius 3 is 2.79 bits per heavy atom.